The van der Waals surface area contributed by atoms with Crippen LogP contribution in [-0.2, 0) is 24.3 Å². The van der Waals surface area contributed by atoms with Crippen molar-refractivity contribution in [2.75, 3.05) is 27.3 Å². The predicted molar refractivity (Wildman–Crippen MR) is 190 cm³/mol. The standard InChI is InChI=1S/C36H36Cl2N8O3/c1-48-35-30(18-39-16-14-22-7-3-4-15-41-22)42-20-28(45-35)26-10-5-8-24(33(26)37)25-9-6-11-27(34(25)38)29-21-43-31(36(46-29)49-2)19-40-17-23-12-13-32(47)44-23/h3-11,15,20-21,23,39-40H,12-14,16-19H2,1-2H3,(H,44,47). The van der Waals surface area contributed by atoms with Crippen molar-refractivity contribution in [3.8, 4) is 45.4 Å². The second-order valence-electron chi connectivity index (χ2n) is 11.4. The Kier molecular flexibility index (Phi) is 11.3. The summed E-state index contributed by atoms with van der Waals surface area (Å²) in [7, 11) is 3.13. The first-order valence-electron chi connectivity index (χ1n) is 15.9. The molecule has 0 radical (unpaired) electrons. The van der Waals surface area contributed by atoms with Crippen LogP contribution in [0.4, 0.5) is 0 Å². The number of ether oxygens (including phenoxy) is 2. The Morgan fingerprint density at radius 3 is 1.90 bits per heavy atom. The van der Waals surface area contributed by atoms with Gasteiger partial charge in [0, 0.05) is 79.2 Å². The van der Waals surface area contributed by atoms with Crippen LogP contribution in [0.5, 0.6) is 11.8 Å². The third kappa shape index (κ3) is 8.14. The van der Waals surface area contributed by atoms with Crippen molar-refractivity contribution in [1.82, 2.24) is 40.9 Å². The van der Waals surface area contributed by atoms with Crippen LogP contribution in [-0.4, -0.2) is 64.2 Å². The van der Waals surface area contributed by atoms with E-state index in [-0.39, 0.29) is 11.9 Å². The summed E-state index contributed by atoms with van der Waals surface area (Å²) in [6.07, 6.45) is 7.34. The highest BCUT2D eigenvalue weighted by Crippen LogP contribution is 2.42. The van der Waals surface area contributed by atoms with Gasteiger partial charge in [-0.15, -0.1) is 0 Å². The van der Waals surface area contributed by atoms with E-state index in [1.165, 1.54) is 0 Å². The van der Waals surface area contributed by atoms with Crippen LogP contribution < -0.4 is 25.4 Å². The maximum atomic E-state index is 11.5. The van der Waals surface area contributed by atoms with Crippen molar-refractivity contribution in [1.29, 1.82) is 0 Å². The minimum absolute atomic E-state index is 0.0839. The number of nitrogens with zero attached hydrogens (tertiary/aromatic N) is 5. The van der Waals surface area contributed by atoms with Crippen molar-refractivity contribution < 1.29 is 14.3 Å². The zero-order valence-corrected chi connectivity index (χ0v) is 28.7. The highest BCUT2D eigenvalue weighted by molar-refractivity contribution is 6.39. The Morgan fingerprint density at radius 1 is 0.776 bits per heavy atom. The smallest absolute Gasteiger partial charge is 0.237 e. The monoisotopic (exact) mass is 698 g/mol. The van der Waals surface area contributed by atoms with Gasteiger partial charge in [-0.2, -0.15) is 0 Å². The summed E-state index contributed by atoms with van der Waals surface area (Å²) in [4.78, 5) is 34.6. The fourth-order valence-corrected chi connectivity index (χ4v) is 6.31. The van der Waals surface area contributed by atoms with Crippen molar-refractivity contribution in [3.63, 3.8) is 0 Å². The number of methoxy groups -OCH3 is 2. The average molecular weight is 700 g/mol. The predicted octanol–water partition coefficient (Wildman–Crippen LogP) is 5.69. The number of carbonyl (C=O) groups is 1. The Labute approximate surface area is 294 Å². The van der Waals surface area contributed by atoms with E-state index in [4.69, 9.17) is 42.6 Å². The number of halogens is 2. The van der Waals surface area contributed by atoms with Gasteiger partial charge in [-0.25, -0.2) is 9.97 Å². The first-order valence-corrected chi connectivity index (χ1v) is 16.7. The topological polar surface area (TPSA) is 136 Å². The molecular formula is C36H36Cl2N8O3. The molecule has 1 fully saturated rings. The van der Waals surface area contributed by atoms with E-state index in [9.17, 15) is 4.79 Å². The van der Waals surface area contributed by atoms with Gasteiger partial charge in [-0.3, -0.25) is 19.7 Å². The first kappa shape index (κ1) is 34.2. The number of pyridine rings is 1. The van der Waals surface area contributed by atoms with Crippen LogP contribution in [0, 0.1) is 0 Å². The number of amides is 1. The fraction of sp³-hybridized carbons (Fsp3) is 0.278. The molecule has 252 valence electrons. The second kappa shape index (κ2) is 16.1. The molecule has 1 unspecified atom stereocenters. The number of carbonyl (C=O) groups excluding carboxylic acids is 1. The summed E-state index contributed by atoms with van der Waals surface area (Å²) in [5.41, 5.74) is 6.32. The van der Waals surface area contributed by atoms with Crippen LogP contribution in [0.2, 0.25) is 10.0 Å². The van der Waals surface area contributed by atoms with Crippen LogP contribution in [0.25, 0.3) is 33.6 Å². The molecule has 11 nitrogen and oxygen atoms in total. The Morgan fingerprint density at radius 2 is 1.37 bits per heavy atom. The van der Waals surface area contributed by atoms with Crippen molar-refractivity contribution in [2.24, 2.45) is 0 Å². The number of rotatable bonds is 14. The van der Waals surface area contributed by atoms with E-state index in [1.807, 2.05) is 54.6 Å². The maximum absolute atomic E-state index is 11.5. The van der Waals surface area contributed by atoms with Crippen LogP contribution in [0.15, 0.2) is 73.2 Å². The number of aromatic nitrogens is 5. The largest absolute Gasteiger partial charge is 0.480 e. The lowest BCUT2D eigenvalue weighted by atomic mass is 9.98. The normalized spacial score (nSPS) is 14.1. The molecule has 6 rings (SSSR count). The van der Waals surface area contributed by atoms with E-state index < -0.39 is 0 Å². The second-order valence-corrected chi connectivity index (χ2v) is 12.2. The maximum Gasteiger partial charge on any atom is 0.237 e. The van der Waals surface area contributed by atoms with Gasteiger partial charge in [0.05, 0.1) is 48.0 Å². The number of nitrogens with one attached hydrogen (secondary N) is 3. The molecule has 3 N–H and O–H groups in total. The van der Waals surface area contributed by atoms with Gasteiger partial charge in [-0.1, -0.05) is 65.7 Å². The summed E-state index contributed by atoms with van der Waals surface area (Å²) in [5.74, 6) is 0.891. The Hall–Kier alpha value is -4.68. The minimum atomic E-state index is 0.0839. The Balaban J connectivity index is 1.19. The molecule has 1 amide bonds. The van der Waals surface area contributed by atoms with Crippen molar-refractivity contribution in [2.45, 2.75) is 38.4 Å². The van der Waals surface area contributed by atoms with Gasteiger partial charge in [0.15, 0.2) is 0 Å². The fourth-order valence-electron chi connectivity index (χ4n) is 5.66. The molecule has 1 aliphatic rings. The third-order valence-corrected chi connectivity index (χ3v) is 9.01. The van der Waals surface area contributed by atoms with Crippen molar-refractivity contribution >= 4 is 29.1 Å². The number of benzene rings is 2. The lowest BCUT2D eigenvalue weighted by Crippen LogP contribution is -2.35. The summed E-state index contributed by atoms with van der Waals surface area (Å²) < 4.78 is 11.2. The summed E-state index contributed by atoms with van der Waals surface area (Å²) >= 11 is 14.1. The van der Waals surface area contributed by atoms with E-state index in [2.05, 4.69) is 30.9 Å². The molecule has 13 heteroatoms. The van der Waals surface area contributed by atoms with Crippen LogP contribution in [0.3, 0.4) is 0 Å². The molecule has 5 aromatic rings. The van der Waals surface area contributed by atoms with E-state index >= 15 is 0 Å². The lowest BCUT2D eigenvalue weighted by Gasteiger charge is -2.15. The number of hydrogen-bond acceptors (Lipinski definition) is 10. The van der Waals surface area contributed by atoms with Crippen molar-refractivity contribution in [3.05, 3.63) is 100 Å². The number of hydrogen-bond donors (Lipinski definition) is 3. The first-order chi connectivity index (χ1) is 23.9. The van der Waals surface area contributed by atoms with Crippen LogP contribution in [0.1, 0.15) is 29.9 Å². The zero-order chi connectivity index (χ0) is 34.2. The molecule has 0 saturated carbocycles. The molecule has 49 heavy (non-hydrogen) atoms. The summed E-state index contributed by atoms with van der Waals surface area (Å²) in [6, 6.07) is 17.4. The van der Waals surface area contributed by atoms with Gasteiger partial charge >= 0.3 is 0 Å². The molecule has 3 aromatic heterocycles. The summed E-state index contributed by atoms with van der Waals surface area (Å²) in [6.45, 7) is 2.30. The zero-order valence-electron chi connectivity index (χ0n) is 27.2. The molecule has 1 aliphatic heterocycles. The third-order valence-electron chi connectivity index (χ3n) is 8.19. The SMILES string of the molecule is COc1nc(-c2cccc(-c3cccc(-c4cnc(CNCC5CCC(=O)N5)c(OC)n4)c3Cl)c2Cl)cnc1CNCCc1ccccn1. The van der Waals surface area contributed by atoms with E-state index in [0.717, 1.165) is 36.2 Å². The van der Waals surface area contributed by atoms with Gasteiger partial charge in [0.25, 0.3) is 0 Å². The van der Waals surface area contributed by atoms with Gasteiger partial charge in [0.2, 0.25) is 17.7 Å². The molecule has 1 saturated heterocycles. The quantitative estimate of drug-likeness (QED) is 0.124. The van der Waals surface area contributed by atoms with Crippen LogP contribution >= 0.6 is 23.2 Å². The summed E-state index contributed by atoms with van der Waals surface area (Å²) in [5, 5.41) is 10.6. The highest BCUT2D eigenvalue weighted by atomic mass is 35.5. The molecular weight excluding hydrogens is 663 g/mol. The molecule has 4 heterocycles. The molecule has 2 aromatic carbocycles. The molecule has 0 spiro atoms. The highest BCUT2D eigenvalue weighted by Gasteiger charge is 2.21. The van der Waals surface area contributed by atoms with E-state index in [1.54, 1.807) is 32.8 Å². The van der Waals surface area contributed by atoms with Gasteiger partial charge < -0.3 is 25.4 Å². The van der Waals surface area contributed by atoms with Gasteiger partial charge in [0.1, 0.15) is 11.4 Å². The average Bonchev–Trinajstić information content (AvgIpc) is 3.55. The molecule has 1 atom stereocenters. The van der Waals surface area contributed by atoms with Gasteiger partial charge in [-0.05, 0) is 18.6 Å². The van der Waals surface area contributed by atoms with E-state index in [0.29, 0.717) is 81.8 Å². The molecule has 0 aliphatic carbocycles. The Bertz CT molecular complexity index is 1930. The molecule has 0 bridgehead atoms. The minimum Gasteiger partial charge on any atom is -0.480 e. The lowest BCUT2D eigenvalue weighted by molar-refractivity contribution is -0.119.